The SMILES string of the molecule is Cc1ccc(S(=O)(=O)NC[C@H]2OCC[C@@H](O[C@@H]3O[C@H](CO)[C@H](O)[C@H](O[C@@H](CC4CCCCC4)C(=O)O)[C@H]3O)[C@@H]2O[C@@H]2O[C@@H](C)[C@@H](O)[C@@H](O)[C@@H]2O)cc1. The Morgan fingerprint density at radius 3 is 2.19 bits per heavy atom. The minimum Gasteiger partial charge on any atom is -0.479 e. The second-order valence-corrected chi connectivity index (χ2v) is 16.0. The Kier molecular flexibility index (Phi) is 14.4. The highest BCUT2D eigenvalue weighted by Gasteiger charge is 2.51. The predicted molar refractivity (Wildman–Crippen MR) is 178 cm³/mol. The number of hydrogen-bond donors (Lipinski definition) is 8. The number of rotatable bonds is 14. The molecule has 296 valence electrons. The molecule has 4 fully saturated rings. The average Bonchev–Trinajstić information content (AvgIpc) is 3.12. The van der Waals surface area contributed by atoms with Crippen molar-refractivity contribution >= 4 is 16.0 Å². The maximum Gasteiger partial charge on any atom is 0.332 e. The first-order valence-corrected chi connectivity index (χ1v) is 19.4. The molecule has 5 rings (SSSR count). The molecule has 8 N–H and O–H groups in total. The smallest absolute Gasteiger partial charge is 0.332 e. The lowest BCUT2D eigenvalue weighted by Crippen LogP contribution is -2.64. The zero-order chi connectivity index (χ0) is 37.7. The number of carboxylic acids is 1. The van der Waals surface area contributed by atoms with Crippen LogP contribution in [-0.4, -0.2) is 156 Å². The van der Waals surface area contributed by atoms with E-state index >= 15 is 0 Å². The number of hydrogen-bond acceptors (Lipinski definition) is 15. The van der Waals surface area contributed by atoms with Crippen LogP contribution < -0.4 is 4.72 Å². The number of ether oxygens (including phenoxy) is 6. The molecule has 0 aromatic heterocycles. The number of nitrogens with one attached hydrogen (secondary N) is 1. The Morgan fingerprint density at radius 1 is 0.865 bits per heavy atom. The zero-order valence-electron chi connectivity index (χ0n) is 29.3. The van der Waals surface area contributed by atoms with Crippen LogP contribution in [0.15, 0.2) is 29.2 Å². The minimum atomic E-state index is -4.04. The van der Waals surface area contributed by atoms with E-state index in [1.54, 1.807) is 12.1 Å². The summed E-state index contributed by atoms with van der Waals surface area (Å²) in [4.78, 5) is 12.3. The van der Waals surface area contributed by atoms with Gasteiger partial charge in [0, 0.05) is 13.2 Å². The second-order valence-electron chi connectivity index (χ2n) is 14.2. The van der Waals surface area contributed by atoms with E-state index < -0.39 is 108 Å². The van der Waals surface area contributed by atoms with E-state index in [0.29, 0.717) is 0 Å². The Labute approximate surface area is 302 Å². The highest BCUT2D eigenvalue weighted by Crippen LogP contribution is 2.34. The van der Waals surface area contributed by atoms with Gasteiger partial charge in [-0.2, -0.15) is 0 Å². The molecule has 3 heterocycles. The quantitative estimate of drug-likeness (QED) is 0.112. The summed E-state index contributed by atoms with van der Waals surface area (Å²) in [5, 5.41) is 74.0. The van der Waals surface area contributed by atoms with Crippen LogP contribution in [0.2, 0.25) is 0 Å². The van der Waals surface area contributed by atoms with Crippen LogP contribution in [0.25, 0.3) is 0 Å². The fourth-order valence-corrected chi connectivity index (χ4v) is 8.28. The van der Waals surface area contributed by atoms with Crippen molar-refractivity contribution in [2.24, 2.45) is 5.92 Å². The number of carboxylic acid groups (broad SMARTS) is 1. The van der Waals surface area contributed by atoms with Crippen molar-refractivity contribution in [2.45, 2.75) is 150 Å². The van der Waals surface area contributed by atoms with Crippen molar-refractivity contribution in [3.8, 4) is 0 Å². The van der Waals surface area contributed by atoms with E-state index in [1.807, 2.05) is 6.92 Å². The van der Waals surface area contributed by atoms with Crippen LogP contribution in [-0.2, 0) is 43.2 Å². The average molecular weight is 764 g/mol. The number of aliphatic carboxylic acids is 1. The topological polar surface area (TPSA) is 260 Å². The van der Waals surface area contributed by atoms with Crippen molar-refractivity contribution in [1.82, 2.24) is 4.72 Å². The monoisotopic (exact) mass is 763 g/mol. The molecule has 0 spiro atoms. The fourth-order valence-electron chi connectivity index (χ4n) is 7.23. The molecule has 1 saturated carbocycles. The molecular formula is C34H53NO16S. The first-order chi connectivity index (χ1) is 24.7. The van der Waals surface area contributed by atoms with Crippen molar-refractivity contribution < 1.29 is 77.4 Å². The molecule has 0 bridgehead atoms. The van der Waals surface area contributed by atoms with Crippen molar-refractivity contribution in [3.05, 3.63) is 29.8 Å². The van der Waals surface area contributed by atoms with E-state index in [9.17, 15) is 49.0 Å². The Balaban J connectivity index is 1.36. The van der Waals surface area contributed by atoms with Gasteiger partial charge in [0.05, 0.1) is 29.8 Å². The Hall–Kier alpha value is -1.88. The van der Waals surface area contributed by atoms with Crippen LogP contribution in [0, 0.1) is 12.8 Å². The van der Waals surface area contributed by atoms with Gasteiger partial charge in [-0.15, -0.1) is 0 Å². The molecule has 52 heavy (non-hydrogen) atoms. The summed E-state index contributed by atoms with van der Waals surface area (Å²) < 4.78 is 64.4. The van der Waals surface area contributed by atoms with Gasteiger partial charge in [0.1, 0.15) is 48.8 Å². The molecule has 0 radical (unpaired) electrons. The molecule has 3 saturated heterocycles. The number of aliphatic hydroxyl groups is 6. The molecule has 18 heteroatoms. The fraction of sp³-hybridized carbons (Fsp3) is 0.794. The number of sulfonamides is 1. The third kappa shape index (κ3) is 9.86. The van der Waals surface area contributed by atoms with E-state index in [0.717, 1.165) is 37.7 Å². The predicted octanol–water partition coefficient (Wildman–Crippen LogP) is -1.09. The third-order valence-electron chi connectivity index (χ3n) is 10.4. The Morgan fingerprint density at radius 2 is 1.54 bits per heavy atom. The number of aryl methyl sites for hydroxylation is 1. The van der Waals surface area contributed by atoms with Gasteiger partial charge in [0.15, 0.2) is 18.7 Å². The summed E-state index contributed by atoms with van der Waals surface area (Å²) in [6.07, 6.45) is -15.2. The standard InChI is InChI=1S/C34H53NO16S/c1-17-8-10-20(11-9-17)52(44,45)35-15-23-30(51-33-28(40)27(39)25(37)18(2)47-33)21(12-13-46-23)49-34-29(41)31(26(38)24(16-36)50-34)48-22(32(42)43)14-19-6-4-3-5-7-19/h8-11,18-19,21-31,33-41H,3-7,12-16H2,1-2H3,(H,42,43)/t18-,21+,22-,23+,24+,25+,26-,27+,28-,29+,30-,31-,33-,34+/m0/s1. The van der Waals surface area contributed by atoms with Crippen LogP contribution in [0.5, 0.6) is 0 Å². The van der Waals surface area contributed by atoms with E-state index in [-0.39, 0.29) is 36.8 Å². The van der Waals surface area contributed by atoms with Gasteiger partial charge in [0.25, 0.3) is 0 Å². The van der Waals surface area contributed by atoms with Gasteiger partial charge in [-0.25, -0.2) is 17.9 Å². The van der Waals surface area contributed by atoms with Crippen molar-refractivity contribution in [2.75, 3.05) is 19.8 Å². The van der Waals surface area contributed by atoms with Gasteiger partial charge in [0.2, 0.25) is 10.0 Å². The lowest BCUT2D eigenvalue weighted by atomic mass is 9.85. The summed E-state index contributed by atoms with van der Waals surface area (Å²) in [6.45, 7) is 2.19. The lowest BCUT2D eigenvalue weighted by molar-refractivity contribution is -0.355. The van der Waals surface area contributed by atoms with Gasteiger partial charge < -0.3 is 64.2 Å². The second kappa shape index (κ2) is 18.2. The number of benzene rings is 1. The van der Waals surface area contributed by atoms with Gasteiger partial charge in [-0.1, -0.05) is 49.8 Å². The van der Waals surface area contributed by atoms with Crippen LogP contribution in [0.3, 0.4) is 0 Å². The van der Waals surface area contributed by atoms with Gasteiger partial charge in [-0.3, -0.25) is 0 Å². The maximum atomic E-state index is 13.2. The molecule has 1 aromatic rings. The highest BCUT2D eigenvalue weighted by atomic mass is 32.2. The van der Waals surface area contributed by atoms with Gasteiger partial charge in [-0.05, 0) is 44.7 Å². The summed E-state index contributed by atoms with van der Waals surface area (Å²) in [7, 11) is -4.04. The molecule has 0 amide bonds. The number of carbonyl (C=O) groups is 1. The summed E-state index contributed by atoms with van der Waals surface area (Å²) in [5.41, 5.74) is 0.856. The van der Waals surface area contributed by atoms with Crippen molar-refractivity contribution in [1.29, 1.82) is 0 Å². The molecule has 1 aromatic carbocycles. The van der Waals surface area contributed by atoms with Crippen LogP contribution >= 0.6 is 0 Å². The molecule has 0 unspecified atom stereocenters. The van der Waals surface area contributed by atoms with E-state index in [1.165, 1.54) is 19.1 Å². The molecule has 1 aliphatic carbocycles. The lowest BCUT2D eigenvalue weighted by Gasteiger charge is -2.47. The first kappa shape index (κ1) is 41.3. The maximum absolute atomic E-state index is 13.2. The van der Waals surface area contributed by atoms with Crippen LogP contribution in [0.1, 0.15) is 57.4 Å². The number of aliphatic hydroxyl groups excluding tert-OH is 6. The molecule has 4 aliphatic rings. The molecular weight excluding hydrogens is 710 g/mol. The summed E-state index contributed by atoms with van der Waals surface area (Å²) >= 11 is 0. The highest BCUT2D eigenvalue weighted by molar-refractivity contribution is 7.89. The van der Waals surface area contributed by atoms with Gasteiger partial charge >= 0.3 is 5.97 Å². The largest absolute Gasteiger partial charge is 0.479 e. The third-order valence-corrected chi connectivity index (χ3v) is 11.8. The molecule has 3 aliphatic heterocycles. The van der Waals surface area contributed by atoms with E-state index in [2.05, 4.69) is 4.72 Å². The molecule has 14 atom stereocenters. The summed E-state index contributed by atoms with van der Waals surface area (Å²) in [5.74, 6) is -1.18. The zero-order valence-corrected chi connectivity index (χ0v) is 30.1. The summed E-state index contributed by atoms with van der Waals surface area (Å²) in [6, 6.07) is 6.16. The van der Waals surface area contributed by atoms with Crippen molar-refractivity contribution in [3.63, 3.8) is 0 Å². The minimum absolute atomic E-state index is 0.00215. The Bertz CT molecular complexity index is 1400. The normalized spacial score (nSPS) is 38.5. The molecule has 17 nitrogen and oxygen atoms in total. The first-order valence-electron chi connectivity index (χ1n) is 17.9. The van der Waals surface area contributed by atoms with Crippen LogP contribution in [0.4, 0.5) is 0 Å². The van der Waals surface area contributed by atoms with E-state index in [4.69, 9.17) is 28.4 Å².